The van der Waals surface area contributed by atoms with Crippen LogP contribution in [0.4, 0.5) is 11.4 Å². The van der Waals surface area contributed by atoms with Crippen LogP contribution >= 0.6 is 0 Å². The molecule has 1 atom stereocenters. The van der Waals surface area contributed by atoms with E-state index in [4.69, 9.17) is 4.74 Å². The Balaban J connectivity index is 1.20. The van der Waals surface area contributed by atoms with Gasteiger partial charge < -0.3 is 15.0 Å². The van der Waals surface area contributed by atoms with Crippen molar-refractivity contribution in [3.63, 3.8) is 0 Å². The Labute approximate surface area is 189 Å². The van der Waals surface area contributed by atoms with Gasteiger partial charge in [0.05, 0.1) is 5.92 Å². The topological polar surface area (TPSA) is 102 Å². The second-order valence-corrected chi connectivity index (χ2v) is 7.52. The van der Waals surface area contributed by atoms with E-state index >= 15 is 0 Å². The Morgan fingerprint density at radius 2 is 1.85 bits per heavy atom. The summed E-state index contributed by atoms with van der Waals surface area (Å²) < 4.78 is 7.41. The molecule has 33 heavy (non-hydrogen) atoms. The Morgan fingerprint density at radius 3 is 2.61 bits per heavy atom. The van der Waals surface area contributed by atoms with Gasteiger partial charge >= 0.3 is 0 Å². The maximum Gasteiger partial charge on any atom is 0.229 e. The van der Waals surface area contributed by atoms with Crippen LogP contribution in [0.25, 0.3) is 5.82 Å². The standard InChI is InChI=1S/C24H20N6O3/c31-23-13-17(15-29(23)19-5-2-1-3-6-19)24(32)28-18-7-9-20(10-8-18)33-22-14-21(25-16-26-22)30-12-4-11-27-30/h1-12,14,16-17H,13,15H2,(H,28,32). The van der Waals surface area contributed by atoms with Crippen LogP contribution in [0, 0.1) is 5.92 Å². The van der Waals surface area contributed by atoms with Crippen LogP contribution in [0.3, 0.4) is 0 Å². The van der Waals surface area contributed by atoms with Crippen molar-refractivity contribution in [1.29, 1.82) is 0 Å². The van der Waals surface area contributed by atoms with Gasteiger partial charge in [0.1, 0.15) is 12.1 Å². The monoisotopic (exact) mass is 440 g/mol. The van der Waals surface area contributed by atoms with E-state index in [0.717, 1.165) is 5.69 Å². The molecule has 164 valence electrons. The maximum absolute atomic E-state index is 12.7. The fraction of sp³-hybridized carbons (Fsp3) is 0.125. The summed E-state index contributed by atoms with van der Waals surface area (Å²) in [4.78, 5) is 35.0. The summed E-state index contributed by atoms with van der Waals surface area (Å²) in [6, 6.07) is 19.8. The maximum atomic E-state index is 12.7. The van der Waals surface area contributed by atoms with Crippen LogP contribution in [-0.2, 0) is 9.59 Å². The lowest BCUT2D eigenvalue weighted by Crippen LogP contribution is -2.28. The molecule has 9 nitrogen and oxygen atoms in total. The van der Waals surface area contributed by atoms with Crippen LogP contribution in [0.2, 0.25) is 0 Å². The zero-order valence-corrected chi connectivity index (χ0v) is 17.5. The Hall–Kier alpha value is -4.53. The summed E-state index contributed by atoms with van der Waals surface area (Å²) in [6.07, 6.45) is 5.04. The predicted octanol–water partition coefficient (Wildman–Crippen LogP) is 3.45. The number of benzene rings is 2. The lowest BCUT2D eigenvalue weighted by atomic mass is 10.1. The number of anilines is 2. The molecule has 5 rings (SSSR count). The molecule has 2 aromatic heterocycles. The lowest BCUT2D eigenvalue weighted by molar-refractivity contribution is -0.122. The van der Waals surface area contributed by atoms with Crippen molar-refractivity contribution >= 4 is 23.2 Å². The molecule has 0 saturated carbocycles. The highest BCUT2D eigenvalue weighted by Crippen LogP contribution is 2.27. The predicted molar refractivity (Wildman–Crippen MR) is 121 cm³/mol. The number of nitrogens with one attached hydrogen (secondary N) is 1. The van der Waals surface area contributed by atoms with Gasteiger partial charge in [0.15, 0.2) is 5.82 Å². The molecule has 1 unspecified atom stereocenters. The normalized spacial score (nSPS) is 15.5. The van der Waals surface area contributed by atoms with Gasteiger partial charge in [-0.2, -0.15) is 5.10 Å². The molecule has 2 aromatic carbocycles. The summed E-state index contributed by atoms with van der Waals surface area (Å²) in [5.41, 5.74) is 1.43. The number of carbonyl (C=O) groups is 2. The minimum atomic E-state index is -0.407. The van der Waals surface area contributed by atoms with Gasteiger partial charge in [-0.1, -0.05) is 18.2 Å². The van der Waals surface area contributed by atoms with Crippen molar-refractivity contribution < 1.29 is 14.3 Å². The quantitative estimate of drug-likeness (QED) is 0.493. The number of rotatable bonds is 6. The number of para-hydroxylation sites is 1. The van der Waals surface area contributed by atoms with E-state index < -0.39 is 5.92 Å². The fourth-order valence-electron chi connectivity index (χ4n) is 3.63. The lowest BCUT2D eigenvalue weighted by Gasteiger charge is -2.16. The first kappa shape index (κ1) is 20.4. The molecule has 1 N–H and O–H groups in total. The molecule has 0 spiro atoms. The zero-order valence-electron chi connectivity index (χ0n) is 17.5. The first-order chi connectivity index (χ1) is 16.2. The highest BCUT2D eigenvalue weighted by molar-refractivity contribution is 6.03. The number of aromatic nitrogens is 4. The van der Waals surface area contributed by atoms with Crippen molar-refractivity contribution in [2.45, 2.75) is 6.42 Å². The molecule has 3 heterocycles. The van der Waals surface area contributed by atoms with E-state index in [1.807, 2.05) is 30.3 Å². The molecule has 4 aromatic rings. The van der Waals surface area contributed by atoms with Crippen molar-refractivity contribution in [1.82, 2.24) is 19.7 Å². The van der Waals surface area contributed by atoms with Gasteiger partial charge in [-0.15, -0.1) is 0 Å². The molecule has 0 bridgehead atoms. The number of nitrogens with zero attached hydrogens (tertiary/aromatic N) is 5. The molecule has 1 saturated heterocycles. The molecule has 9 heteroatoms. The first-order valence-corrected chi connectivity index (χ1v) is 10.4. The second-order valence-electron chi connectivity index (χ2n) is 7.52. The fourth-order valence-corrected chi connectivity index (χ4v) is 3.63. The molecule has 1 fully saturated rings. The summed E-state index contributed by atoms with van der Waals surface area (Å²) in [5, 5.41) is 7.02. The summed E-state index contributed by atoms with van der Waals surface area (Å²) in [7, 11) is 0. The molecular formula is C24H20N6O3. The van der Waals surface area contributed by atoms with Gasteiger partial charge in [-0.3, -0.25) is 9.59 Å². The van der Waals surface area contributed by atoms with Crippen molar-refractivity contribution in [2.75, 3.05) is 16.8 Å². The zero-order chi connectivity index (χ0) is 22.6. The first-order valence-electron chi connectivity index (χ1n) is 10.4. The smallest absolute Gasteiger partial charge is 0.229 e. The number of ether oxygens (including phenoxy) is 1. The van der Waals surface area contributed by atoms with Crippen molar-refractivity contribution in [3.8, 4) is 17.4 Å². The van der Waals surface area contributed by atoms with Crippen molar-refractivity contribution in [3.05, 3.63) is 85.5 Å². The van der Waals surface area contributed by atoms with Gasteiger partial charge in [-0.05, 0) is 42.5 Å². The van der Waals surface area contributed by atoms with E-state index in [2.05, 4.69) is 20.4 Å². The van der Waals surface area contributed by atoms with Crippen LogP contribution in [0.15, 0.2) is 85.5 Å². The summed E-state index contributed by atoms with van der Waals surface area (Å²) >= 11 is 0. The Kier molecular flexibility index (Phi) is 5.50. The minimum absolute atomic E-state index is 0.0515. The number of hydrogen-bond acceptors (Lipinski definition) is 6. The number of amides is 2. The molecule has 2 amide bonds. The van der Waals surface area contributed by atoms with Crippen LogP contribution in [0.5, 0.6) is 11.6 Å². The van der Waals surface area contributed by atoms with Crippen molar-refractivity contribution in [2.24, 2.45) is 5.92 Å². The SMILES string of the molecule is O=C(Nc1ccc(Oc2cc(-n3cccn3)ncn2)cc1)C1CC(=O)N(c2ccccc2)C1. The Bertz CT molecular complexity index is 1260. The largest absolute Gasteiger partial charge is 0.439 e. The second kappa shape index (κ2) is 8.91. The van der Waals surface area contributed by atoms with Crippen LogP contribution in [-0.4, -0.2) is 38.1 Å². The van der Waals surface area contributed by atoms with Gasteiger partial charge in [0.2, 0.25) is 17.7 Å². The van der Waals surface area contributed by atoms with Gasteiger partial charge in [0, 0.05) is 42.8 Å². The highest BCUT2D eigenvalue weighted by atomic mass is 16.5. The van der Waals surface area contributed by atoms with Crippen LogP contribution in [0.1, 0.15) is 6.42 Å². The molecule has 0 aliphatic carbocycles. The average molecular weight is 440 g/mol. The highest BCUT2D eigenvalue weighted by Gasteiger charge is 2.35. The molecule has 0 radical (unpaired) electrons. The van der Waals surface area contributed by atoms with E-state index in [9.17, 15) is 9.59 Å². The molecular weight excluding hydrogens is 420 g/mol. The van der Waals surface area contributed by atoms with E-state index in [-0.39, 0.29) is 18.2 Å². The summed E-state index contributed by atoms with van der Waals surface area (Å²) in [6.45, 7) is 0.363. The Morgan fingerprint density at radius 1 is 1.03 bits per heavy atom. The average Bonchev–Trinajstić information content (AvgIpc) is 3.51. The van der Waals surface area contributed by atoms with Gasteiger partial charge in [-0.25, -0.2) is 14.6 Å². The summed E-state index contributed by atoms with van der Waals surface area (Å²) in [5.74, 6) is 0.877. The molecule has 1 aliphatic rings. The third-order valence-electron chi connectivity index (χ3n) is 5.27. The minimum Gasteiger partial charge on any atom is -0.439 e. The number of hydrogen-bond donors (Lipinski definition) is 1. The van der Waals surface area contributed by atoms with Crippen LogP contribution < -0.4 is 15.0 Å². The third kappa shape index (κ3) is 4.57. The molecule has 1 aliphatic heterocycles. The number of carbonyl (C=O) groups excluding carboxylic acids is 2. The van der Waals surface area contributed by atoms with E-state index in [0.29, 0.717) is 29.7 Å². The third-order valence-corrected chi connectivity index (χ3v) is 5.27. The van der Waals surface area contributed by atoms with E-state index in [1.54, 1.807) is 58.4 Å². The van der Waals surface area contributed by atoms with Gasteiger partial charge in [0.25, 0.3) is 0 Å². The van der Waals surface area contributed by atoms with E-state index in [1.165, 1.54) is 6.33 Å².